The lowest BCUT2D eigenvalue weighted by Gasteiger charge is -2.03. The molecule has 1 rings (SSSR count). The number of benzene rings is 1. The van der Waals surface area contributed by atoms with Crippen molar-refractivity contribution in [2.24, 2.45) is 0 Å². The van der Waals surface area contributed by atoms with Crippen molar-refractivity contribution in [3.8, 4) is 0 Å². The molecule has 0 spiro atoms. The van der Waals surface area contributed by atoms with E-state index in [0.29, 0.717) is 36.3 Å². The molecule has 0 aliphatic rings. The van der Waals surface area contributed by atoms with E-state index in [0.717, 1.165) is 5.56 Å². The van der Waals surface area contributed by atoms with Crippen molar-refractivity contribution in [3.63, 3.8) is 0 Å². The third kappa shape index (κ3) is 4.49. The predicted molar refractivity (Wildman–Crippen MR) is 71.0 cm³/mol. The van der Waals surface area contributed by atoms with Crippen LogP contribution in [0.4, 0.5) is 0 Å². The Labute approximate surface area is 112 Å². The zero-order chi connectivity index (χ0) is 13.5. The Morgan fingerprint density at radius 2 is 1.89 bits per heavy atom. The molecule has 0 saturated carbocycles. The van der Waals surface area contributed by atoms with Crippen LogP contribution in [0, 0.1) is 6.92 Å². The fourth-order valence-corrected chi connectivity index (χ4v) is 1.75. The van der Waals surface area contributed by atoms with Gasteiger partial charge in [0.25, 0.3) is 0 Å². The molecule has 0 aliphatic heterocycles. The van der Waals surface area contributed by atoms with Gasteiger partial charge >= 0.3 is 5.97 Å². The Kier molecular flexibility index (Phi) is 5.86. The molecule has 0 N–H and O–H groups in total. The number of methoxy groups -OCH3 is 1. The van der Waals surface area contributed by atoms with Gasteiger partial charge in [0.05, 0.1) is 7.11 Å². The summed E-state index contributed by atoms with van der Waals surface area (Å²) in [6, 6.07) is 5.31. The first-order chi connectivity index (χ1) is 8.54. The molecule has 0 fully saturated rings. The van der Waals surface area contributed by atoms with Gasteiger partial charge in [-0.05, 0) is 31.4 Å². The van der Waals surface area contributed by atoms with Gasteiger partial charge in [-0.2, -0.15) is 0 Å². The SMILES string of the molecule is COC(=O)CCCCC(=O)c1ccc(C)c(Cl)c1. The first kappa shape index (κ1) is 14.7. The highest BCUT2D eigenvalue weighted by Crippen LogP contribution is 2.18. The lowest BCUT2D eigenvalue weighted by molar-refractivity contribution is -0.140. The molecule has 0 heterocycles. The number of hydrogen-bond donors (Lipinski definition) is 0. The number of Topliss-reactive ketones (excluding diaryl/α,β-unsaturated/α-hetero) is 1. The van der Waals surface area contributed by atoms with Gasteiger partial charge in [0.2, 0.25) is 0 Å². The Hall–Kier alpha value is -1.35. The maximum Gasteiger partial charge on any atom is 0.305 e. The van der Waals surface area contributed by atoms with E-state index in [4.69, 9.17) is 11.6 Å². The number of rotatable bonds is 6. The molecule has 0 saturated heterocycles. The summed E-state index contributed by atoms with van der Waals surface area (Å²) in [5.74, 6) is -0.178. The highest BCUT2D eigenvalue weighted by atomic mass is 35.5. The van der Waals surface area contributed by atoms with Crippen LogP contribution >= 0.6 is 11.6 Å². The zero-order valence-electron chi connectivity index (χ0n) is 10.7. The van der Waals surface area contributed by atoms with Crippen molar-refractivity contribution in [1.82, 2.24) is 0 Å². The summed E-state index contributed by atoms with van der Waals surface area (Å²) in [6.45, 7) is 1.90. The van der Waals surface area contributed by atoms with Crippen LogP contribution in [-0.4, -0.2) is 18.9 Å². The van der Waals surface area contributed by atoms with Crippen molar-refractivity contribution in [3.05, 3.63) is 34.3 Å². The number of hydrogen-bond acceptors (Lipinski definition) is 3. The third-order valence-electron chi connectivity index (χ3n) is 2.76. The first-order valence-electron chi connectivity index (χ1n) is 5.90. The second-order valence-electron chi connectivity index (χ2n) is 4.17. The van der Waals surface area contributed by atoms with Crippen molar-refractivity contribution in [1.29, 1.82) is 0 Å². The topological polar surface area (TPSA) is 43.4 Å². The summed E-state index contributed by atoms with van der Waals surface area (Å²) in [5, 5.41) is 0.607. The molecule has 1 aromatic carbocycles. The number of ether oxygens (including phenoxy) is 1. The van der Waals surface area contributed by atoms with Crippen LogP contribution in [0.3, 0.4) is 0 Å². The summed E-state index contributed by atoms with van der Waals surface area (Å²) in [5.41, 5.74) is 1.59. The lowest BCUT2D eigenvalue weighted by atomic mass is 10.0. The Morgan fingerprint density at radius 1 is 1.22 bits per heavy atom. The highest BCUT2D eigenvalue weighted by molar-refractivity contribution is 6.31. The molecule has 0 radical (unpaired) electrons. The largest absolute Gasteiger partial charge is 0.469 e. The normalized spacial score (nSPS) is 10.2. The summed E-state index contributed by atoms with van der Waals surface area (Å²) in [6.07, 6.45) is 2.13. The summed E-state index contributed by atoms with van der Waals surface area (Å²) >= 11 is 5.97. The summed E-state index contributed by atoms with van der Waals surface area (Å²) < 4.78 is 4.53. The Morgan fingerprint density at radius 3 is 2.50 bits per heavy atom. The molecule has 18 heavy (non-hydrogen) atoms. The van der Waals surface area contributed by atoms with E-state index in [1.54, 1.807) is 12.1 Å². The number of carbonyl (C=O) groups excluding carboxylic acids is 2. The standard InChI is InChI=1S/C14H17ClO3/c1-10-7-8-11(9-12(10)15)13(16)5-3-4-6-14(17)18-2/h7-9H,3-6H2,1-2H3. The van der Waals surface area contributed by atoms with Crippen molar-refractivity contribution < 1.29 is 14.3 Å². The van der Waals surface area contributed by atoms with Gasteiger partial charge in [-0.25, -0.2) is 0 Å². The van der Waals surface area contributed by atoms with E-state index in [1.807, 2.05) is 13.0 Å². The molecule has 0 atom stereocenters. The highest BCUT2D eigenvalue weighted by Gasteiger charge is 2.08. The van der Waals surface area contributed by atoms with Gasteiger partial charge in [0, 0.05) is 23.4 Å². The minimum absolute atomic E-state index is 0.0572. The van der Waals surface area contributed by atoms with E-state index in [2.05, 4.69) is 4.74 Å². The van der Waals surface area contributed by atoms with Crippen molar-refractivity contribution in [2.75, 3.05) is 7.11 Å². The van der Waals surface area contributed by atoms with E-state index in [9.17, 15) is 9.59 Å². The molecular weight excluding hydrogens is 252 g/mol. The summed E-state index contributed by atoms with van der Waals surface area (Å²) in [4.78, 5) is 22.7. The van der Waals surface area contributed by atoms with Crippen molar-refractivity contribution >= 4 is 23.4 Å². The molecule has 98 valence electrons. The van der Waals surface area contributed by atoms with Gasteiger partial charge in [-0.15, -0.1) is 0 Å². The Balaban J connectivity index is 2.41. The number of esters is 1. The minimum atomic E-state index is -0.235. The average molecular weight is 269 g/mol. The van der Waals surface area contributed by atoms with Gasteiger partial charge < -0.3 is 4.74 Å². The van der Waals surface area contributed by atoms with E-state index < -0.39 is 0 Å². The fourth-order valence-electron chi connectivity index (χ4n) is 1.57. The zero-order valence-corrected chi connectivity index (χ0v) is 11.4. The fraction of sp³-hybridized carbons (Fsp3) is 0.429. The summed E-state index contributed by atoms with van der Waals surface area (Å²) in [7, 11) is 1.36. The number of aryl methyl sites for hydroxylation is 1. The number of ketones is 1. The lowest BCUT2D eigenvalue weighted by Crippen LogP contribution is -2.02. The van der Waals surface area contributed by atoms with Crippen LogP contribution in [0.1, 0.15) is 41.6 Å². The second-order valence-corrected chi connectivity index (χ2v) is 4.58. The van der Waals surface area contributed by atoms with Crippen LogP contribution in [0.2, 0.25) is 5.02 Å². The Bertz CT molecular complexity index is 441. The maximum atomic E-state index is 11.8. The monoisotopic (exact) mass is 268 g/mol. The van der Waals surface area contributed by atoms with Crippen LogP contribution in [0.15, 0.2) is 18.2 Å². The second kappa shape index (κ2) is 7.17. The molecule has 4 heteroatoms. The van der Waals surface area contributed by atoms with Gasteiger partial charge in [0.15, 0.2) is 5.78 Å². The average Bonchev–Trinajstić information content (AvgIpc) is 2.37. The molecule has 0 aliphatic carbocycles. The minimum Gasteiger partial charge on any atom is -0.469 e. The molecular formula is C14H17ClO3. The van der Waals surface area contributed by atoms with Gasteiger partial charge in [-0.3, -0.25) is 9.59 Å². The molecule has 0 amide bonds. The molecule has 0 aromatic heterocycles. The molecule has 0 unspecified atom stereocenters. The number of carbonyl (C=O) groups is 2. The number of unbranched alkanes of at least 4 members (excludes halogenated alkanes) is 1. The van der Waals surface area contributed by atoms with Gasteiger partial charge in [0.1, 0.15) is 0 Å². The molecule has 0 bridgehead atoms. The maximum absolute atomic E-state index is 11.8. The van der Waals surface area contributed by atoms with Gasteiger partial charge in [-0.1, -0.05) is 23.7 Å². The van der Waals surface area contributed by atoms with Crippen LogP contribution in [0.25, 0.3) is 0 Å². The van der Waals surface area contributed by atoms with E-state index in [-0.39, 0.29) is 11.8 Å². The predicted octanol–water partition coefficient (Wildman–Crippen LogP) is 3.56. The van der Waals surface area contributed by atoms with Crippen LogP contribution < -0.4 is 0 Å². The van der Waals surface area contributed by atoms with Crippen molar-refractivity contribution in [2.45, 2.75) is 32.6 Å². The van der Waals surface area contributed by atoms with Crippen LogP contribution in [-0.2, 0) is 9.53 Å². The van der Waals surface area contributed by atoms with E-state index >= 15 is 0 Å². The number of halogens is 1. The van der Waals surface area contributed by atoms with E-state index in [1.165, 1.54) is 7.11 Å². The van der Waals surface area contributed by atoms with Crippen LogP contribution in [0.5, 0.6) is 0 Å². The smallest absolute Gasteiger partial charge is 0.305 e. The quantitative estimate of drug-likeness (QED) is 0.450. The first-order valence-corrected chi connectivity index (χ1v) is 6.28. The third-order valence-corrected chi connectivity index (χ3v) is 3.16. The molecule has 3 nitrogen and oxygen atoms in total. The molecule has 1 aromatic rings.